The fourth-order valence-corrected chi connectivity index (χ4v) is 2.23. The zero-order valence-corrected chi connectivity index (χ0v) is 13.5. The van der Waals surface area contributed by atoms with Gasteiger partial charge in [0, 0.05) is 6.42 Å². The Hall–Kier alpha value is -3.30. The molecular formula is C18H16N2O4. The van der Waals surface area contributed by atoms with Gasteiger partial charge in [-0.3, -0.25) is 9.59 Å². The lowest BCUT2D eigenvalue weighted by Gasteiger charge is -2.28. The van der Waals surface area contributed by atoms with E-state index in [0.29, 0.717) is 0 Å². The Bertz CT molecular complexity index is 745. The third kappa shape index (κ3) is 3.37. The monoisotopic (exact) mass is 324 g/mol. The molecule has 1 rings (SSSR count). The van der Waals surface area contributed by atoms with Crippen molar-refractivity contribution in [2.45, 2.75) is 25.7 Å². The highest BCUT2D eigenvalue weighted by atomic mass is 16.6. The highest BCUT2D eigenvalue weighted by Crippen LogP contribution is 2.33. The second kappa shape index (κ2) is 8.36. The van der Waals surface area contributed by atoms with Crippen molar-refractivity contribution in [2.24, 2.45) is 0 Å². The Balaban J connectivity index is 3.66. The molecule has 0 atom stereocenters. The number of nitriles is 2. The first-order valence-electron chi connectivity index (χ1n) is 7.24. The zero-order valence-electron chi connectivity index (χ0n) is 13.5. The molecule has 0 bridgehead atoms. The average Bonchev–Trinajstić information content (AvgIpc) is 2.59. The van der Waals surface area contributed by atoms with E-state index < -0.39 is 17.4 Å². The summed E-state index contributed by atoms with van der Waals surface area (Å²) in [4.78, 5) is 25.1. The molecule has 1 aromatic carbocycles. The number of nitrogens with zero attached hydrogens (tertiary/aromatic N) is 2. The third-order valence-electron chi connectivity index (χ3n) is 3.37. The van der Waals surface area contributed by atoms with E-state index in [1.165, 1.54) is 18.2 Å². The van der Waals surface area contributed by atoms with Gasteiger partial charge in [-0.2, -0.15) is 10.5 Å². The molecule has 0 aromatic heterocycles. The lowest BCUT2D eigenvalue weighted by Crippen LogP contribution is -2.46. The van der Waals surface area contributed by atoms with E-state index >= 15 is 0 Å². The predicted octanol–water partition coefficient (Wildman–Crippen LogP) is 1.82. The summed E-state index contributed by atoms with van der Waals surface area (Å²) in [7, 11) is 0. The molecule has 1 aromatic rings. The van der Waals surface area contributed by atoms with Crippen LogP contribution in [0, 0.1) is 35.0 Å². The average molecular weight is 324 g/mol. The Morgan fingerprint density at radius 2 is 1.62 bits per heavy atom. The minimum absolute atomic E-state index is 0.0324. The van der Waals surface area contributed by atoms with Crippen molar-refractivity contribution in [3.05, 3.63) is 34.9 Å². The molecule has 24 heavy (non-hydrogen) atoms. The van der Waals surface area contributed by atoms with Crippen molar-refractivity contribution in [3.63, 3.8) is 0 Å². The van der Waals surface area contributed by atoms with Gasteiger partial charge in [-0.1, -0.05) is 6.07 Å². The van der Waals surface area contributed by atoms with E-state index in [1.807, 2.05) is 12.1 Å². The van der Waals surface area contributed by atoms with Crippen LogP contribution in [0.3, 0.4) is 0 Å². The molecule has 0 aliphatic heterocycles. The largest absolute Gasteiger partial charge is 0.465 e. The van der Waals surface area contributed by atoms with Gasteiger partial charge in [-0.05, 0) is 31.5 Å². The van der Waals surface area contributed by atoms with E-state index in [-0.39, 0.29) is 36.3 Å². The summed E-state index contributed by atoms with van der Waals surface area (Å²) in [5.41, 5.74) is -1.55. The molecule has 0 radical (unpaired) electrons. The summed E-state index contributed by atoms with van der Waals surface area (Å²) >= 11 is 0. The van der Waals surface area contributed by atoms with Crippen LogP contribution in [0.4, 0.5) is 0 Å². The first-order chi connectivity index (χ1) is 11.5. The number of carbonyl (C=O) groups excluding carboxylic acids is 2. The van der Waals surface area contributed by atoms with Gasteiger partial charge in [-0.25, -0.2) is 0 Å². The maximum absolute atomic E-state index is 12.6. The van der Waals surface area contributed by atoms with Crippen LogP contribution >= 0.6 is 0 Å². The van der Waals surface area contributed by atoms with E-state index in [1.54, 1.807) is 13.8 Å². The molecule has 6 nitrogen and oxygen atoms in total. The van der Waals surface area contributed by atoms with Gasteiger partial charge in [0.1, 0.15) is 12.1 Å². The van der Waals surface area contributed by atoms with Crippen LogP contribution in [0.15, 0.2) is 18.2 Å². The second-order valence-corrected chi connectivity index (χ2v) is 4.71. The molecule has 0 aliphatic carbocycles. The number of hydrogen-bond acceptors (Lipinski definition) is 6. The molecule has 0 saturated carbocycles. The van der Waals surface area contributed by atoms with E-state index in [2.05, 4.69) is 5.92 Å². The number of hydrogen-bond donors (Lipinski definition) is 0. The van der Waals surface area contributed by atoms with Crippen molar-refractivity contribution in [2.75, 3.05) is 13.2 Å². The highest BCUT2D eigenvalue weighted by Gasteiger charge is 2.50. The lowest BCUT2D eigenvalue weighted by atomic mass is 9.76. The van der Waals surface area contributed by atoms with E-state index in [0.717, 1.165) is 0 Å². The maximum atomic E-state index is 12.6. The number of benzene rings is 1. The Morgan fingerprint density at radius 3 is 2.04 bits per heavy atom. The molecule has 0 heterocycles. The summed E-state index contributed by atoms with van der Waals surface area (Å²) in [5, 5.41) is 18.2. The Labute approximate surface area is 140 Å². The van der Waals surface area contributed by atoms with Crippen LogP contribution in [-0.4, -0.2) is 25.2 Å². The molecule has 0 aliphatic rings. The van der Waals surface area contributed by atoms with E-state index in [4.69, 9.17) is 21.2 Å². The molecule has 0 spiro atoms. The lowest BCUT2D eigenvalue weighted by molar-refractivity contribution is -0.164. The van der Waals surface area contributed by atoms with Crippen molar-refractivity contribution >= 4 is 11.9 Å². The van der Waals surface area contributed by atoms with Crippen LogP contribution in [0.5, 0.6) is 0 Å². The van der Waals surface area contributed by atoms with Crippen molar-refractivity contribution < 1.29 is 19.1 Å². The van der Waals surface area contributed by atoms with Gasteiger partial charge in [0.25, 0.3) is 0 Å². The number of esters is 2. The van der Waals surface area contributed by atoms with Crippen LogP contribution in [0.25, 0.3) is 0 Å². The van der Waals surface area contributed by atoms with Crippen molar-refractivity contribution in [1.29, 1.82) is 10.5 Å². The Morgan fingerprint density at radius 1 is 1.08 bits per heavy atom. The van der Waals surface area contributed by atoms with Gasteiger partial charge >= 0.3 is 11.9 Å². The first-order valence-corrected chi connectivity index (χ1v) is 7.24. The van der Waals surface area contributed by atoms with Crippen molar-refractivity contribution in [3.8, 4) is 24.5 Å². The zero-order chi connectivity index (χ0) is 18.2. The van der Waals surface area contributed by atoms with Crippen LogP contribution < -0.4 is 0 Å². The van der Waals surface area contributed by atoms with Crippen LogP contribution in [0.2, 0.25) is 0 Å². The van der Waals surface area contributed by atoms with E-state index in [9.17, 15) is 14.9 Å². The molecule has 0 amide bonds. The SMILES string of the molecule is C#CCC(C(=O)OCC)(C(=O)OCC)c1ccc(C#N)c(C#N)c1. The fraction of sp³-hybridized carbons (Fsp3) is 0.333. The molecule has 6 heteroatoms. The first kappa shape index (κ1) is 18.7. The second-order valence-electron chi connectivity index (χ2n) is 4.71. The number of carbonyl (C=O) groups is 2. The molecule has 122 valence electrons. The molecule has 0 saturated heterocycles. The standard InChI is InChI=1S/C18H16N2O4/c1-4-9-18(16(21)23-5-2,17(22)24-6-3)15-8-7-13(11-19)14(10-15)12-20/h1,7-8,10H,5-6,9H2,2-3H3. The number of rotatable bonds is 6. The number of terminal acetylenes is 1. The topological polar surface area (TPSA) is 100 Å². The normalized spacial score (nSPS) is 9.96. The van der Waals surface area contributed by atoms with Gasteiger partial charge in [-0.15, -0.1) is 12.3 Å². The fourth-order valence-electron chi connectivity index (χ4n) is 2.23. The Kier molecular flexibility index (Phi) is 6.53. The molecule has 0 N–H and O–H groups in total. The molecule has 0 unspecified atom stereocenters. The van der Waals surface area contributed by atoms with Gasteiger partial charge in [0.05, 0.1) is 24.3 Å². The summed E-state index contributed by atoms with van der Waals surface area (Å²) < 4.78 is 10.1. The van der Waals surface area contributed by atoms with Gasteiger partial charge in [0.15, 0.2) is 0 Å². The smallest absolute Gasteiger partial charge is 0.329 e. The summed E-state index contributed by atoms with van der Waals surface area (Å²) in [6.45, 7) is 3.30. The summed E-state index contributed by atoms with van der Waals surface area (Å²) in [6.07, 6.45) is 5.07. The minimum atomic E-state index is -1.87. The molecular weight excluding hydrogens is 308 g/mol. The predicted molar refractivity (Wildman–Crippen MR) is 84.3 cm³/mol. The van der Waals surface area contributed by atoms with Crippen molar-refractivity contribution in [1.82, 2.24) is 0 Å². The summed E-state index contributed by atoms with van der Waals surface area (Å²) in [6, 6.07) is 7.80. The highest BCUT2D eigenvalue weighted by molar-refractivity contribution is 6.06. The minimum Gasteiger partial charge on any atom is -0.465 e. The molecule has 0 fully saturated rings. The van der Waals surface area contributed by atoms with Gasteiger partial charge in [0.2, 0.25) is 5.41 Å². The third-order valence-corrected chi connectivity index (χ3v) is 3.37. The quantitative estimate of drug-likeness (QED) is 0.449. The maximum Gasteiger partial charge on any atom is 0.329 e. The van der Waals surface area contributed by atoms with Crippen LogP contribution in [0.1, 0.15) is 37.0 Å². The van der Waals surface area contributed by atoms with Crippen LogP contribution in [-0.2, 0) is 24.5 Å². The van der Waals surface area contributed by atoms with Gasteiger partial charge < -0.3 is 9.47 Å². The number of ether oxygens (including phenoxy) is 2. The summed E-state index contributed by atoms with van der Waals surface area (Å²) in [5.74, 6) is 0.599.